The van der Waals surface area contributed by atoms with Gasteiger partial charge in [0.05, 0.1) is 6.10 Å². The molecule has 23 heavy (non-hydrogen) atoms. The average Bonchev–Trinajstić information content (AvgIpc) is 2.77. The van der Waals surface area contributed by atoms with Crippen molar-refractivity contribution in [3.05, 3.63) is 22.8 Å². The molecule has 4 rings (SSSR count). The van der Waals surface area contributed by atoms with Crippen LogP contribution < -0.4 is 0 Å². The van der Waals surface area contributed by atoms with E-state index < -0.39 is 17.2 Å². The van der Waals surface area contributed by atoms with Gasteiger partial charge in [-0.15, -0.1) is 0 Å². The van der Waals surface area contributed by atoms with Crippen LogP contribution in [-0.4, -0.2) is 22.7 Å². The minimum atomic E-state index is -1.61. The van der Waals surface area contributed by atoms with E-state index in [9.17, 15) is 9.90 Å². The van der Waals surface area contributed by atoms with Crippen molar-refractivity contribution in [1.82, 2.24) is 0 Å². The van der Waals surface area contributed by atoms with E-state index in [4.69, 9.17) is 0 Å². The zero-order chi connectivity index (χ0) is 16.6. The predicted octanol–water partition coefficient (Wildman–Crippen LogP) is 4.28. The normalized spacial score (nSPS) is 45.3. The number of carbonyl (C=O) groups is 1. The quantitative estimate of drug-likeness (QED) is 0.677. The predicted molar refractivity (Wildman–Crippen MR) is 87.7 cm³/mol. The zero-order valence-corrected chi connectivity index (χ0v) is 14.4. The van der Waals surface area contributed by atoms with Gasteiger partial charge < -0.3 is 5.11 Å². The number of allylic oxidation sites excluding steroid dienone is 3. The van der Waals surface area contributed by atoms with E-state index in [1.165, 1.54) is 11.1 Å². The summed E-state index contributed by atoms with van der Waals surface area (Å²) < 4.78 is 16.5. The van der Waals surface area contributed by atoms with Crippen LogP contribution in [0.2, 0.25) is 0 Å². The Morgan fingerprint density at radius 1 is 1.17 bits per heavy atom. The van der Waals surface area contributed by atoms with Gasteiger partial charge in [0.2, 0.25) is 0 Å². The van der Waals surface area contributed by atoms with Crippen LogP contribution in [0, 0.1) is 16.7 Å². The zero-order valence-electron chi connectivity index (χ0n) is 14.4. The van der Waals surface area contributed by atoms with Crippen LogP contribution in [0.5, 0.6) is 0 Å². The van der Waals surface area contributed by atoms with Crippen LogP contribution in [-0.2, 0) is 4.79 Å². The lowest BCUT2D eigenvalue weighted by Crippen LogP contribution is -2.62. The third kappa shape index (κ3) is 1.80. The van der Waals surface area contributed by atoms with E-state index in [0.717, 1.165) is 31.3 Å². The Morgan fingerprint density at radius 2 is 1.91 bits per heavy atom. The maximum Gasteiger partial charge on any atom is 0.155 e. The highest BCUT2D eigenvalue weighted by molar-refractivity contribution is 5.91. The fourth-order valence-corrected chi connectivity index (χ4v) is 5.98. The number of hydrogen-bond donors (Lipinski definition) is 1. The highest BCUT2D eigenvalue weighted by Gasteiger charge is 2.65. The summed E-state index contributed by atoms with van der Waals surface area (Å²) in [6.45, 7) is 6.40. The minimum absolute atomic E-state index is 0.0944. The Hall–Kier alpha value is -0.960. The summed E-state index contributed by atoms with van der Waals surface area (Å²) in [5.74, 6) is -0.0508. The molecule has 3 heteroatoms. The first kappa shape index (κ1) is 15.6. The summed E-state index contributed by atoms with van der Waals surface area (Å²) in [5.41, 5.74) is 1.34. The molecule has 0 saturated heterocycles. The molecule has 0 aromatic carbocycles. The largest absolute Gasteiger partial charge is 0.389 e. The summed E-state index contributed by atoms with van der Waals surface area (Å²) >= 11 is 0. The summed E-state index contributed by atoms with van der Waals surface area (Å²) in [6, 6.07) is 0. The number of ketones is 1. The van der Waals surface area contributed by atoms with Crippen molar-refractivity contribution in [3.63, 3.8) is 0 Å². The summed E-state index contributed by atoms with van der Waals surface area (Å²) in [5, 5.41) is 10.9. The molecule has 4 atom stereocenters. The topological polar surface area (TPSA) is 37.3 Å². The van der Waals surface area contributed by atoms with Crippen molar-refractivity contribution in [2.24, 2.45) is 16.7 Å². The van der Waals surface area contributed by atoms with Crippen molar-refractivity contribution < 1.29 is 14.3 Å². The smallest absolute Gasteiger partial charge is 0.155 e. The van der Waals surface area contributed by atoms with E-state index in [1.54, 1.807) is 6.08 Å². The van der Waals surface area contributed by atoms with Gasteiger partial charge in [-0.1, -0.05) is 37.5 Å². The Kier molecular flexibility index (Phi) is 3.09. The first-order valence-corrected chi connectivity index (χ1v) is 9.03. The number of halogens is 1. The van der Waals surface area contributed by atoms with E-state index >= 15 is 4.39 Å². The molecule has 126 valence electrons. The molecule has 0 aliphatic heterocycles. The number of rotatable bonds is 0. The van der Waals surface area contributed by atoms with Gasteiger partial charge in [0.25, 0.3) is 0 Å². The van der Waals surface area contributed by atoms with Crippen molar-refractivity contribution in [2.75, 3.05) is 0 Å². The molecule has 1 fully saturated rings. The summed E-state index contributed by atoms with van der Waals surface area (Å²) in [6.07, 6.45) is 5.69. The molecule has 3 unspecified atom stereocenters. The molecular weight excluding hydrogens is 291 g/mol. The molecule has 1 saturated carbocycles. The molecule has 0 aromatic heterocycles. The van der Waals surface area contributed by atoms with Gasteiger partial charge in [0, 0.05) is 17.8 Å². The van der Waals surface area contributed by atoms with Crippen LogP contribution in [0.3, 0.4) is 0 Å². The third-order valence-electron chi connectivity index (χ3n) is 7.50. The second-order valence-corrected chi connectivity index (χ2v) is 8.93. The highest BCUT2D eigenvalue weighted by Crippen LogP contribution is 2.65. The third-order valence-corrected chi connectivity index (χ3v) is 7.50. The molecular formula is C20H27FO2. The molecule has 0 spiro atoms. The SMILES string of the molecule is CC1(C)CCC2=C1CC(O)[C@@]1(F)C2CCC2=CC(=O)CCC21C. The van der Waals surface area contributed by atoms with Crippen molar-refractivity contribution in [3.8, 4) is 0 Å². The molecule has 0 bridgehead atoms. The molecule has 2 nitrogen and oxygen atoms in total. The molecule has 0 radical (unpaired) electrons. The number of aliphatic hydroxyl groups is 1. The first-order valence-electron chi connectivity index (χ1n) is 9.03. The fourth-order valence-electron chi connectivity index (χ4n) is 5.98. The van der Waals surface area contributed by atoms with Crippen molar-refractivity contribution >= 4 is 5.78 Å². The van der Waals surface area contributed by atoms with Gasteiger partial charge >= 0.3 is 0 Å². The van der Waals surface area contributed by atoms with Gasteiger partial charge in [-0.05, 0) is 50.0 Å². The molecule has 0 aromatic rings. The summed E-state index contributed by atoms with van der Waals surface area (Å²) in [4.78, 5) is 11.8. The van der Waals surface area contributed by atoms with Gasteiger partial charge in [-0.2, -0.15) is 0 Å². The molecule has 4 aliphatic rings. The van der Waals surface area contributed by atoms with Crippen molar-refractivity contribution in [2.45, 2.75) is 77.5 Å². The monoisotopic (exact) mass is 318 g/mol. The Labute approximate surface area is 137 Å². The van der Waals surface area contributed by atoms with Crippen LogP contribution >= 0.6 is 0 Å². The van der Waals surface area contributed by atoms with Crippen LogP contribution in [0.25, 0.3) is 0 Å². The maximum atomic E-state index is 16.5. The number of aliphatic hydroxyl groups excluding tert-OH is 1. The fraction of sp³-hybridized carbons (Fsp3) is 0.750. The lowest BCUT2D eigenvalue weighted by atomic mass is 9.49. The first-order chi connectivity index (χ1) is 10.7. The van der Waals surface area contributed by atoms with Gasteiger partial charge in [0.1, 0.15) is 0 Å². The van der Waals surface area contributed by atoms with Crippen molar-refractivity contribution in [1.29, 1.82) is 0 Å². The second kappa shape index (κ2) is 4.56. The number of alkyl halides is 1. The minimum Gasteiger partial charge on any atom is -0.389 e. The molecule has 4 aliphatic carbocycles. The van der Waals surface area contributed by atoms with E-state index in [2.05, 4.69) is 13.8 Å². The number of fused-ring (bicyclic) bond motifs is 4. The van der Waals surface area contributed by atoms with Crippen LogP contribution in [0.15, 0.2) is 22.8 Å². The highest BCUT2D eigenvalue weighted by atomic mass is 19.1. The van der Waals surface area contributed by atoms with E-state index in [1.807, 2.05) is 6.92 Å². The Balaban J connectivity index is 1.85. The number of carbonyl (C=O) groups excluding carboxylic acids is 1. The maximum absolute atomic E-state index is 16.5. The summed E-state index contributed by atoms with van der Waals surface area (Å²) in [7, 11) is 0. The lowest BCUT2D eigenvalue weighted by Gasteiger charge is -2.58. The Morgan fingerprint density at radius 3 is 2.65 bits per heavy atom. The molecule has 1 N–H and O–H groups in total. The number of hydrogen-bond acceptors (Lipinski definition) is 2. The van der Waals surface area contributed by atoms with Gasteiger partial charge in [-0.3, -0.25) is 4.79 Å². The second-order valence-electron chi connectivity index (χ2n) is 8.93. The molecule has 0 heterocycles. The van der Waals surface area contributed by atoms with Crippen LogP contribution in [0.4, 0.5) is 4.39 Å². The Bertz CT molecular complexity index is 644. The van der Waals surface area contributed by atoms with Gasteiger partial charge in [0.15, 0.2) is 11.5 Å². The molecule has 0 amide bonds. The average molecular weight is 318 g/mol. The lowest BCUT2D eigenvalue weighted by molar-refractivity contribution is -0.140. The van der Waals surface area contributed by atoms with E-state index in [-0.39, 0.29) is 17.1 Å². The standard InChI is InChI=1S/C20H27FO2/c1-18(2)8-7-14-15-5-4-12-10-13(22)6-9-19(12,3)20(15,21)17(23)11-16(14)18/h10,15,17,23H,4-9,11H2,1-3H3/t15?,17?,19?,20-/m0/s1. The van der Waals surface area contributed by atoms with Gasteiger partial charge in [-0.25, -0.2) is 4.39 Å². The van der Waals surface area contributed by atoms with E-state index in [0.29, 0.717) is 19.3 Å². The van der Waals surface area contributed by atoms with Crippen LogP contribution in [0.1, 0.15) is 65.7 Å².